The Hall–Kier alpha value is -4.60. The molecule has 10 heteroatoms. The van der Waals surface area contributed by atoms with Gasteiger partial charge >= 0.3 is 11.9 Å². The van der Waals surface area contributed by atoms with E-state index in [1.54, 1.807) is 31.2 Å². The molecule has 3 N–H and O–H groups in total. The monoisotopic (exact) mass is 572 g/mol. The smallest absolute Gasteiger partial charge is 0.338 e. The van der Waals surface area contributed by atoms with Crippen LogP contribution in [0.3, 0.4) is 0 Å². The molecule has 6 rings (SSSR count). The zero-order valence-electron chi connectivity index (χ0n) is 24.5. The summed E-state index contributed by atoms with van der Waals surface area (Å²) in [5.74, 6) is -1.47. The number of nitrogens with one attached hydrogen (secondary N) is 2. The predicted molar refractivity (Wildman–Crippen MR) is 159 cm³/mol. The summed E-state index contributed by atoms with van der Waals surface area (Å²) in [6.45, 7) is 13.1. The molecule has 4 heterocycles. The first kappa shape index (κ1) is 28.9. The van der Waals surface area contributed by atoms with E-state index >= 15 is 0 Å². The van der Waals surface area contributed by atoms with Gasteiger partial charge in [-0.05, 0) is 43.3 Å². The topological polar surface area (TPSA) is 132 Å². The van der Waals surface area contributed by atoms with Crippen LogP contribution in [0.4, 0.5) is 0 Å². The highest BCUT2D eigenvalue weighted by Crippen LogP contribution is 2.30. The number of carbonyl (C=O) groups excluding carboxylic acids is 3. The van der Waals surface area contributed by atoms with Crippen molar-refractivity contribution >= 4 is 45.6 Å². The third-order valence-electron chi connectivity index (χ3n) is 7.66. The summed E-state index contributed by atoms with van der Waals surface area (Å²) in [7, 11) is 0. The maximum atomic E-state index is 12.3. The Morgan fingerprint density at radius 2 is 1.24 bits per heavy atom. The fraction of sp³-hybridized carbons (Fsp3) is 0.375. The highest BCUT2D eigenvalue weighted by Gasteiger charge is 2.30. The van der Waals surface area contributed by atoms with Gasteiger partial charge in [0.1, 0.15) is 11.4 Å². The van der Waals surface area contributed by atoms with Gasteiger partial charge in [-0.15, -0.1) is 0 Å². The Balaban J connectivity index is 0.000000169. The molecule has 0 atom stereocenters. The molecule has 2 aromatic carbocycles. The largest absolute Gasteiger partial charge is 0.478 e. The first-order chi connectivity index (χ1) is 19.8. The second-order valence-corrected chi connectivity index (χ2v) is 12.5. The SMILES string of the molecule is CC1(C)CNC(=O)c2cc3ccc(C(=O)O)cc3n2C1.CCOC(=O)c1ccc2cc3n(c2c1)CC(C)(C)CNC3=O. The molecule has 10 nitrogen and oxygen atoms in total. The van der Waals surface area contributed by atoms with E-state index in [1.165, 1.54) is 0 Å². The van der Waals surface area contributed by atoms with Gasteiger partial charge < -0.3 is 29.6 Å². The van der Waals surface area contributed by atoms with Crippen molar-refractivity contribution in [1.82, 2.24) is 19.8 Å². The van der Waals surface area contributed by atoms with Gasteiger partial charge in [0.25, 0.3) is 11.8 Å². The lowest BCUT2D eigenvalue weighted by Gasteiger charge is -2.23. The Morgan fingerprint density at radius 3 is 1.69 bits per heavy atom. The normalized spacial score (nSPS) is 17.1. The number of carboxylic acids is 1. The number of carboxylic acid groups (broad SMARTS) is 1. The summed E-state index contributed by atoms with van der Waals surface area (Å²) in [4.78, 5) is 47.4. The molecule has 2 aromatic heterocycles. The van der Waals surface area contributed by atoms with Crippen molar-refractivity contribution in [2.45, 2.75) is 47.7 Å². The lowest BCUT2D eigenvalue weighted by molar-refractivity contribution is 0.0525. The molecule has 0 saturated carbocycles. The summed E-state index contributed by atoms with van der Waals surface area (Å²) in [6, 6.07) is 14.1. The number of benzene rings is 2. The van der Waals surface area contributed by atoms with Gasteiger partial charge in [0, 0.05) is 58.8 Å². The van der Waals surface area contributed by atoms with E-state index in [0.29, 0.717) is 43.2 Å². The van der Waals surface area contributed by atoms with Gasteiger partial charge in [0.05, 0.1) is 17.7 Å². The standard InChI is InChI=1S/C17H20N2O3.C15H16N2O3/c1-4-22-16(21)12-6-5-11-7-14-15(20)18-9-17(2,3)10-19(14)13(11)8-12;1-15(2)7-16-13(18)12-5-9-3-4-10(14(19)20)6-11(9)17(12)8-15/h5-8H,4,9-10H2,1-3H3,(H,18,20);3-6H,7-8H2,1-2H3,(H,16,18)(H,19,20). The molecule has 2 aliphatic heterocycles. The molecule has 0 spiro atoms. The molecule has 2 amide bonds. The number of esters is 1. The van der Waals surface area contributed by atoms with Gasteiger partial charge in [-0.1, -0.05) is 39.8 Å². The maximum absolute atomic E-state index is 12.3. The van der Waals surface area contributed by atoms with E-state index in [9.17, 15) is 19.2 Å². The van der Waals surface area contributed by atoms with Crippen molar-refractivity contribution in [1.29, 1.82) is 0 Å². The fourth-order valence-electron chi connectivity index (χ4n) is 5.49. The van der Waals surface area contributed by atoms with Gasteiger partial charge in [0.15, 0.2) is 0 Å². The van der Waals surface area contributed by atoms with Crippen molar-refractivity contribution in [3.05, 3.63) is 71.0 Å². The number of hydrogen-bond acceptors (Lipinski definition) is 5. The minimum absolute atomic E-state index is 0.0488. The minimum atomic E-state index is -0.959. The summed E-state index contributed by atoms with van der Waals surface area (Å²) in [5.41, 5.74) is 3.54. The van der Waals surface area contributed by atoms with Crippen LogP contribution in [0.5, 0.6) is 0 Å². The Morgan fingerprint density at radius 1 is 0.786 bits per heavy atom. The van der Waals surface area contributed by atoms with E-state index in [0.717, 1.165) is 28.4 Å². The molecule has 0 bridgehead atoms. The number of rotatable bonds is 3. The Kier molecular flexibility index (Phi) is 7.34. The van der Waals surface area contributed by atoms with Crippen LogP contribution in [-0.4, -0.2) is 57.7 Å². The quantitative estimate of drug-likeness (QED) is 0.305. The number of hydrogen-bond donors (Lipinski definition) is 3. The second kappa shape index (κ2) is 10.7. The molecule has 0 radical (unpaired) electrons. The van der Waals surface area contributed by atoms with E-state index in [1.807, 2.05) is 33.4 Å². The average molecular weight is 573 g/mol. The zero-order chi connectivity index (χ0) is 30.4. The van der Waals surface area contributed by atoms with Gasteiger partial charge in [0.2, 0.25) is 0 Å². The van der Waals surface area contributed by atoms with Crippen LogP contribution in [0.1, 0.15) is 76.3 Å². The molecule has 0 aliphatic carbocycles. The zero-order valence-corrected chi connectivity index (χ0v) is 24.5. The van der Waals surface area contributed by atoms with Crippen molar-refractivity contribution in [2.24, 2.45) is 10.8 Å². The molecule has 2 aliphatic rings. The van der Waals surface area contributed by atoms with Crippen LogP contribution in [-0.2, 0) is 17.8 Å². The molecule has 42 heavy (non-hydrogen) atoms. The Bertz CT molecular complexity index is 1740. The van der Waals surface area contributed by atoms with Crippen molar-refractivity contribution in [3.8, 4) is 0 Å². The van der Waals surface area contributed by atoms with Crippen molar-refractivity contribution < 1.29 is 29.0 Å². The lowest BCUT2D eigenvalue weighted by Crippen LogP contribution is -2.31. The minimum Gasteiger partial charge on any atom is -0.478 e. The molecular formula is C32H36N4O6. The number of ether oxygens (including phenoxy) is 1. The first-order valence-electron chi connectivity index (χ1n) is 14.0. The average Bonchev–Trinajstić information content (AvgIpc) is 3.40. The summed E-state index contributed by atoms with van der Waals surface area (Å²) < 4.78 is 8.98. The Labute approximate surface area is 243 Å². The molecule has 0 fully saturated rings. The fourth-order valence-corrected chi connectivity index (χ4v) is 5.49. The number of carbonyl (C=O) groups is 4. The number of fused-ring (bicyclic) bond motifs is 6. The summed E-state index contributed by atoms with van der Waals surface area (Å²) in [6.07, 6.45) is 0. The van der Waals surface area contributed by atoms with Crippen LogP contribution in [0.2, 0.25) is 0 Å². The first-order valence-corrected chi connectivity index (χ1v) is 14.0. The maximum Gasteiger partial charge on any atom is 0.338 e. The van der Waals surface area contributed by atoms with Crippen molar-refractivity contribution in [3.63, 3.8) is 0 Å². The number of aromatic nitrogens is 2. The van der Waals surface area contributed by atoms with Crippen LogP contribution in [0.25, 0.3) is 21.8 Å². The van der Waals surface area contributed by atoms with Crippen LogP contribution >= 0.6 is 0 Å². The third kappa shape index (κ3) is 5.61. The van der Waals surface area contributed by atoms with Crippen LogP contribution < -0.4 is 10.6 Å². The van der Waals surface area contributed by atoms with Gasteiger partial charge in [-0.25, -0.2) is 9.59 Å². The number of nitrogens with zero attached hydrogens (tertiary/aromatic N) is 2. The van der Waals surface area contributed by atoms with E-state index in [2.05, 4.69) is 38.3 Å². The van der Waals surface area contributed by atoms with E-state index in [-0.39, 0.29) is 34.2 Å². The summed E-state index contributed by atoms with van der Waals surface area (Å²) in [5, 5.41) is 16.8. The third-order valence-corrected chi connectivity index (χ3v) is 7.66. The van der Waals surface area contributed by atoms with E-state index in [4.69, 9.17) is 9.84 Å². The van der Waals surface area contributed by atoms with Crippen LogP contribution in [0, 0.1) is 10.8 Å². The molecule has 4 aromatic rings. The molecule has 0 unspecified atom stereocenters. The molecular weight excluding hydrogens is 536 g/mol. The molecule has 0 saturated heterocycles. The van der Waals surface area contributed by atoms with Gasteiger partial charge in [-0.2, -0.15) is 0 Å². The van der Waals surface area contributed by atoms with Crippen molar-refractivity contribution in [2.75, 3.05) is 19.7 Å². The number of aromatic carboxylic acids is 1. The lowest BCUT2D eigenvalue weighted by atomic mass is 9.93. The summed E-state index contributed by atoms with van der Waals surface area (Å²) >= 11 is 0. The predicted octanol–water partition coefficient (Wildman–Crippen LogP) is 4.70. The van der Waals surface area contributed by atoms with Gasteiger partial charge in [-0.3, -0.25) is 9.59 Å². The highest BCUT2D eigenvalue weighted by molar-refractivity contribution is 6.02. The second-order valence-electron chi connectivity index (χ2n) is 12.5. The molecule has 220 valence electrons. The van der Waals surface area contributed by atoms with Crippen LogP contribution in [0.15, 0.2) is 48.5 Å². The number of amides is 2. The highest BCUT2D eigenvalue weighted by atomic mass is 16.5. The van der Waals surface area contributed by atoms with E-state index < -0.39 is 5.97 Å².